The summed E-state index contributed by atoms with van der Waals surface area (Å²) in [5.74, 6) is 0.223. The number of rotatable bonds is 5. The van der Waals surface area contributed by atoms with Crippen molar-refractivity contribution >= 4 is 28.9 Å². The molecule has 0 saturated carbocycles. The Morgan fingerprint density at radius 3 is 2.43 bits per heavy atom. The van der Waals surface area contributed by atoms with Crippen molar-refractivity contribution in [1.82, 2.24) is 5.32 Å². The highest BCUT2D eigenvalue weighted by atomic mass is 32.1. The van der Waals surface area contributed by atoms with Crippen LogP contribution in [0.3, 0.4) is 0 Å². The number of hydrogen-bond donors (Lipinski definition) is 2. The summed E-state index contributed by atoms with van der Waals surface area (Å²) in [5, 5.41) is 5.35. The summed E-state index contributed by atoms with van der Waals surface area (Å²) in [6.07, 6.45) is 0. The number of thiocarbonyl (C=S) groups is 1. The van der Waals surface area contributed by atoms with Gasteiger partial charge in [0, 0.05) is 5.69 Å². The van der Waals surface area contributed by atoms with Gasteiger partial charge in [-0.1, -0.05) is 12.1 Å². The van der Waals surface area contributed by atoms with E-state index in [-0.39, 0.29) is 17.5 Å². The number of hydrogen-bond acceptors (Lipinski definition) is 4. The molecule has 0 aromatic heterocycles. The average molecular weight is 334 g/mol. The Kier molecular flexibility index (Phi) is 5.87. The minimum Gasteiger partial charge on any atom is -0.493 e. The molecule has 5 nitrogen and oxygen atoms in total. The van der Waals surface area contributed by atoms with Crippen LogP contribution in [0.15, 0.2) is 48.5 Å². The third-order valence-corrected chi connectivity index (χ3v) is 2.99. The molecule has 2 rings (SSSR count). The minimum absolute atomic E-state index is 0.102. The highest BCUT2D eigenvalue weighted by Gasteiger charge is 2.08. The molecular weight excluding hydrogens is 319 g/mol. The Hall–Kier alpha value is -2.67. The minimum atomic E-state index is -0.421. The molecule has 2 aromatic carbocycles. The molecule has 0 spiro atoms. The number of amides is 1. The van der Waals surface area contributed by atoms with E-state index in [1.54, 1.807) is 24.3 Å². The third-order valence-electron chi connectivity index (χ3n) is 2.78. The Morgan fingerprint density at radius 2 is 1.78 bits per heavy atom. The van der Waals surface area contributed by atoms with Gasteiger partial charge in [0.1, 0.15) is 5.82 Å². The van der Waals surface area contributed by atoms with Gasteiger partial charge in [-0.25, -0.2) is 4.39 Å². The van der Waals surface area contributed by atoms with Crippen molar-refractivity contribution in [2.75, 3.05) is 19.0 Å². The molecule has 0 unspecified atom stereocenters. The molecule has 23 heavy (non-hydrogen) atoms. The van der Waals surface area contributed by atoms with Crippen LogP contribution in [0.2, 0.25) is 0 Å². The van der Waals surface area contributed by atoms with Gasteiger partial charge in [-0.2, -0.15) is 0 Å². The first-order valence-corrected chi connectivity index (χ1v) is 7.11. The van der Waals surface area contributed by atoms with Gasteiger partial charge in [0.15, 0.2) is 23.2 Å². The molecule has 0 atom stereocenters. The predicted octanol–water partition coefficient (Wildman–Crippen LogP) is 2.73. The summed E-state index contributed by atoms with van der Waals surface area (Å²) in [6.45, 7) is -0.217. The highest BCUT2D eigenvalue weighted by Crippen LogP contribution is 2.25. The second-order valence-electron chi connectivity index (χ2n) is 4.45. The Balaban J connectivity index is 1.82. The molecule has 1 amide bonds. The summed E-state index contributed by atoms with van der Waals surface area (Å²) in [7, 11) is 1.52. The zero-order valence-corrected chi connectivity index (χ0v) is 13.2. The number of benzene rings is 2. The van der Waals surface area contributed by atoms with E-state index in [2.05, 4.69) is 10.6 Å². The molecule has 120 valence electrons. The fourth-order valence-electron chi connectivity index (χ4n) is 1.74. The first-order valence-electron chi connectivity index (χ1n) is 6.70. The number of carbonyl (C=O) groups excluding carboxylic acids is 1. The van der Waals surface area contributed by atoms with Gasteiger partial charge in [0.2, 0.25) is 0 Å². The van der Waals surface area contributed by atoms with Crippen molar-refractivity contribution in [3.8, 4) is 11.5 Å². The first kappa shape index (κ1) is 16.7. The lowest BCUT2D eigenvalue weighted by atomic mass is 10.3. The highest BCUT2D eigenvalue weighted by molar-refractivity contribution is 7.80. The van der Waals surface area contributed by atoms with Crippen molar-refractivity contribution < 1.29 is 18.7 Å². The molecule has 2 N–H and O–H groups in total. The van der Waals surface area contributed by atoms with E-state index >= 15 is 0 Å². The van der Waals surface area contributed by atoms with Crippen LogP contribution in [0.4, 0.5) is 10.1 Å². The van der Waals surface area contributed by atoms with E-state index in [4.69, 9.17) is 21.7 Å². The molecular formula is C16H15FN2O3S. The monoisotopic (exact) mass is 334 g/mol. The van der Waals surface area contributed by atoms with E-state index in [0.717, 1.165) is 0 Å². The maximum Gasteiger partial charge on any atom is 0.264 e. The van der Waals surface area contributed by atoms with Crippen LogP contribution in [-0.4, -0.2) is 24.7 Å². The van der Waals surface area contributed by atoms with Gasteiger partial charge < -0.3 is 14.8 Å². The van der Waals surface area contributed by atoms with E-state index in [1.807, 2.05) is 0 Å². The lowest BCUT2D eigenvalue weighted by molar-refractivity contribution is -0.121. The third kappa shape index (κ3) is 5.23. The molecule has 0 aliphatic rings. The smallest absolute Gasteiger partial charge is 0.264 e. The summed E-state index contributed by atoms with van der Waals surface area (Å²) in [5.41, 5.74) is 0.572. The Bertz CT molecular complexity index is 692. The Labute approximate surface area is 138 Å². The molecule has 0 bridgehead atoms. The lowest BCUT2D eigenvalue weighted by Crippen LogP contribution is -2.37. The fraction of sp³-hybridized carbons (Fsp3) is 0.125. The molecule has 0 aliphatic carbocycles. The molecule has 0 aliphatic heterocycles. The van der Waals surface area contributed by atoms with Gasteiger partial charge in [0.05, 0.1) is 7.11 Å². The maximum absolute atomic E-state index is 12.8. The maximum atomic E-state index is 12.8. The number of nitrogens with one attached hydrogen (secondary N) is 2. The summed E-state index contributed by atoms with van der Waals surface area (Å²) in [6, 6.07) is 12.6. The van der Waals surface area contributed by atoms with Crippen LogP contribution < -0.4 is 20.1 Å². The SMILES string of the molecule is COc1ccccc1OCC(=O)NC(=S)Nc1ccc(F)cc1. The molecule has 7 heteroatoms. The van der Waals surface area contributed by atoms with Crippen LogP contribution in [0, 0.1) is 5.82 Å². The molecule has 0 fully saturated rings. The van der Waals surface area contributed by atoms with E-state index in [9.17, 15) is 9.18 Å². The molecule has 0 radical (unpaired) electrons. The van der Waals surface area contributed by atoms with Gasteiger partial charge in [-0.3, -0.25) is 10.1 Å². The molecule has 0 saturated heterocycles. The second kappa shape index (κ2) is 8.09. The van der Waals surface area contributed by atoms with Crippen molar-refractivity contribution in [1.29, 1.82) is 0 Å². The van der Waals surface area contributed by atoms with Gasteiger partial charge in [-0.15, -0.1) is 0 Å². The second-order valence-corrected chi connectivity index (χ2v) is 4.86. The summed E-state index contributed by atoms with van der Waals surface area (Å²) < 4.78 is 23.3. The topological polar surface area (TPSA) is 59.6 Å². The number of ether oxygens (including phenoxy) is 2. The number of carbonyl (C=O) groups is 1. The average Bonchev–Trinajstić information content (AvgIpc) is 2.55. The normalized spacial score (nSPS) is 9.83. The zero-order chi connectivity index (χ0) is 16.7. The first-order chi connectivity index (χ1) is 11.1. The van der Waals surface area contributed by atoms with Gasteiger partial charge in [-0.05, 0) is 48.6 Å². The number of para-hydroxylation sites is 2. The summed E-state index contributed by atoms with van der Waals surface area (Å²) in [4.78, 5) is 11.8. The van der Waals surface area contributed by atoms with Crippen LogP contribution in [-0.2, 0) is 4.79 Å². The van der Waals surface area contributed by atoms with Crippen LogP contribution >= 0.6 is 12.2 Å². The number of halogens is 1. The number of methoxy groups -OCH3 is 1. The summed E-state index contributed by atoms with van der Waals surface area (Å²) >= 11 is 5.01. The van der Waals surface area contributed by atoms with Crippen molar-refractivity contribution in [3.63, 3.8) is 0 Å². The largest absolute Gasteiger partial charge is 0.493 e. The molecule has 2 aromatic rings. The van der Waals surface area contributed by atoms with Crippen LogP contribution in [0.25, 0.3) is 0 Å². The molecule has 0 heterocycles. The quantitative estimate of drug-likeness (QED) is 0.824. The van der Waals surface area contributed by atoms with Crippen molar-refractivity contribution in [2.24, 2.45) is 0 Å². The predicted molar refractivity (Wildman–Crippen MR) is 89.3 cm³/mol. The van der Waals surface area contributed by atoms with Gasteiger partial charge in [0.25, 0.3) is 5.91 Å². The van der Waals surface area contributed by atoms with Crippen molar-refractivity contribution in [2.45, 2.75) is 0 Å². The standard InChI is InChI=1S/C16H15FN2O3S/c1-21-13-4-2-3-5-14(13)22-10-15(20)19-16(23)18-12-8-6-11(17)7-9-12/h2-9H,10H2,1H3,(H2,18,19,20,23). The van der Waals surface area contributed by atoms with E-state index < -0.39 is 5.91 Å². The Morgan fingerprint density at radius 1 is 1.13 bits per heavy atom. The number of anilines is 1. The van der Waals surface area contributed by atoms with E-state index in [1.165, 1.54) is 31.4 Å². The zero-order valence-electron chi connectivity index (χ0n) is 12.3. The van der Waals surface area contributed by atoms with Gasteiger partial charge >= 0.3 is 0 Å². The van der Waals surface area contributed by atoms with Crippen LogP contribution in [0.5, 0.6) is 11.5 Å². The van der Waals surface area contributed by atoms with Crippen molar-refractivity contribution in [3.05, 3.63) is 54.3 Å². The fourth-order valence-corrected chi connectivity index (χ4v) is 1.97. The van der Waals surface area contributed by atoms with Crippen LogP contribution in [0.1, 0.15) is 0 Å². The lowest BCUT2D eigenvalue weighted by Gasteiger charge is -2.12. The van der Waals surface area contributed by atoms with E-state index in [0.29, 0.717) is 17.2 Å².